The van der Waals surface area contributed by atoms with Crippen molar-refractivity contribution in [1.82, 2.24) is 0 Å². The van der Waals surface area contributed by atoms with Gasteiger partial charge in [-0.15, -0.1) is 0 Å². The van der Waals surface area contributed by atoms with Gasteiger partial charge in [0.05, 0.1) is 29.6 Å². The van der Waals surface area contributed by atoms with Crippen molar-refractivity contribution in [3.05, 3.63) is 54.1 Å². The average Bonchev–Trinajstić information content (AvgIpc) is 3.07. The number of carbonyl (C=O) groups excluding carboxylic acids is 2. The van der Waals surface area contributed by atoms with Crippen LogP contribution in [0.1, 0.15) is 59.4 Å². The zero-order chi connectivity index (χ0) is 25.8. The molecule has 6 heteroatoms. The van der Waals surface area contributed by atoms with Crippen LogP contribution in [0.2, 0.25) is 0 Å². The molecule has 1 aromatic rings. The number of aliphatic hydroxyl groups is 3. The topological polar surface area (TPSA) is 104 Å². The molecule has 6 nitrogen and oxygen atoms in total. The summed E-state index contributed by atoms with van der Waals surface area (Å²) in [4.78, 5) is 27.5. The van der Waals surface area contributed by atoms with E-state index in [2.05, 4.69) is 0 Å². The van der Waals surface area contributed by atoms with E-state index in [1.54, 1.807) is 19.1 Å². The van der Waals surface area contributed by atoms with E-state index >= 15 is 0 Å². The summed E-state index contributed by atoms with van der Waals surface area (Å²) in [5, 5.41) is 33.7. The van der Waals surface area contributed by atoms with Gasteiger partial charge in [0.2, 0.25) is 0 Å². The molecule has 2 fully saturated rings. The number of hydrogen-bond donors (Lipinski definition) is 3. The van der Waals surface area contributed by atoms with E-state index in [1.807, 2.05) is 64.1 Å². The predicted octanol–water partition coefficient (Wildman–Crippen LogP) is 3.69. The van der Waals surface area contributed by atoms with Gasteiger partial charge >= 0.3 is 5.97 Å². The molecule has 0 radical (unpaired) electrons. The maximum Gasteiger partial charge on any atom is 0.331 e. The summed E-state index contributed by atoms with van der Waals surface area (Å²) in [5.41, 5.74) is -3.50. The Balaban J connectivity index is 1.78. The first kappa shape index (κ1) is 25.8. The number of allylic oxidation sites excluding steroid dienone is 1. The molecule has 190 valence electrons. The minimum atomic E-state index is -1.64. The Kier molecular flexibility index (Phi) is 6.40. The fourth-order valence-corrected chi connectivity index (χ4v) is 6.53. The molecule has 0 spiro atoms. The quantitative estimate of drug-likeness (QED) is 0.345. The van der Waals surface area contributed by atoms with Gasteiger partial charge in [-0.1, -0.05) is 70.2 Å². The van der Waals surface area contributed by atoms with Gasteiger partial charge in [0, 0.05) is 23.3 Å². The number of carbonyl (C=O) groups is 2. The van der Waals surface area contributed by atoms with Crippen LogP contribution in [0.4, 0.5) is 0 Å². The van der Waals surface area contributed by atoms with Crippen LogP contribution >= 0.6 is 0 Å². The highest BCUT2D eigenvalue weighted by Gasteiger charge is 2.74. The molecule has 1 aromatic carbocycles. The normalized spacial score (nSPS) is 42.7. The van der Waals surface area contributed by atoms with E-state index in [-0.39, 0.29) is 18.1 Å². The molecule has 3 aliphatic rings. The van der Waals surface area contributed by atoms with Gasteiger partial charge in [-0.3, -0.25) is 4.79 Å². The van der Waals surface area contributed by atoms with E-state index in [9.17, 15) is 24.9 Å². The Morgan fingerprint density at radius 3 is 2.37 bits per heavy atom. The van der Waals surface area contributed by atoms with Crippen molar-refractivity contribution in [3.63, 3.8) is 0 Å². The summed E-state index contributed by atoms with van der Waals surface area (Å²) in [6.45, 7) is 9.29. The number of ether oxygens (including phenoxy) is 1. The van der Waals surface area contributed by atoms with Gasteiger partial charge in [-0.2, -0.15) is 0 Å². The number of aliphatic hydroxyl groups excluding tert-OH is 3. The standard InChI is InChI=1S/C29H38O6/c1-18-17-29(35-21(31)12-11-19-9-7-6-8-10-19)22(23(18)32)24(33)27(4)14-13-20(30)26(2,3)15-16-28(27,5)25(29)34/h6-12,15-16,18,20,22-24,30,32-33H,13-14,17H2,1-5H3. The van der Waals surface area contributed by atoms with Crippen molar-refractivity contribution in [2.75, 3.05) is 0 Å². The summed E-state index contributed by atoms with van der Waals surface area (Å²) >= 11 is 0. The van der Waals surface area contributed by atoms with Gasteiger partial charge in [-0.25, -0.2) is 4.79 Å². The van der Waals surface area contributed by atoms with E-state index in [4.69, 9.17) is 4.74 Å². The van der Waals surface area contributed by atoms with Gasteiger partial charge in [-0.05, 0) is 37.3 Å². The third-order valence-electron chi connectivity index (χ3n) is 9.29. The third kappa shape index (κ3) is 3.90. The molecule has 8 unspecified atom stereocenters. The average molecular weight is 483 g/mol. The smallest absolute Gasteiger partial charge is 0.331 e. The number of hydrogen-bond acceptors (Lipinski definition) is 6. The molecular formula is C29H38O6. The zero-order valence-electron chi connectivity index (χ0n) is 21.3. The molecule has 0 aliphatic heterocycles. The Morgan fingerprint density at radius 2 is 1.71 bits per heavy atom. The number of fused-ring (bicyclic) bond motifs is 2. The highest BCUT2D eigenvalue weighted by molar-refractivity contribution is 5.99. The molecular weight excluding hydrogens is 444 g/mol. The van der Waals surface area contributed by atoms with Crippen molar-refractivity contribution in [2.45, 2.75) is 77.8 Å². The van der Waals surface area contributed by atoms with Crippen LogP contribution in [0, 0.1) is 28.1 Å². The van der Waals surface area contributed by atoms with Gasteiger partial charge in [0.1, 0.15) is 0 Å². The van der Waals surface area contributed by atoms with Crippen LogP contribution in [0.25, 0.3) is 6.08 Å². The first-order chi connectivity index (χ1) is 16.3. The third-order valence-corrected chi connectivity index (χ3v) is 9.29. The Morgan fingerprint density at radius 1 is 1.06 bits per heavy atom. The summed E-state index contributed by atoms with van der Waals surface area (Å²) in [6.07, 6.45) is 4.73. The maximum atomic E-state index is 14.5. The van der Waals surface area contributed by atoms with Crippen LogP contribution in [0.5, 0.6) is 0 Å². The molecule has 35 heavy (non-hydrogen) atoms. The van der Waals surface area contributed by atoms with Gasteiger partial charge < -0.3 is 20.1 Å². The van der Waals surface area contributed by atoms with E-state index in [0.717, 1.165) is 5.56 Å². The van der Waals surface area contributed by atoms with Gasteiger partial charge in [0.25, 0.3) is 0 Å². The second-order valence-corrected chi connectivity index (χ2v) is 11.9. The van der Waals surface area contributed by atoms with Crippen molar-refractivity contribution in [1.29, 1.82) is 0 Å². The summed E-state index contributed by atoms with van der Waals surface area (Å²) in [6, 6.07) is 9.30. The van der Waals surface area contributed by atoms with E-state index in [1.165, 1.54) is 6.08 Å². The van der Waals surface area contributed by atoms with Crippen LogP contribution in [-0.2, 0) is 14.3 Å². The lowest BCUT2D eigenvalue weighted by Crippen LogP contribution is -2.70. The number of rotatable bonds is 3. The maximum absolute atomic E-state index is 14.5. The van der Waals surface area contributed by atoms with Crippen LogP contribution in [0.3, 0.4) is 0 Å². The highest BCUT2D eigenvalue weighted by atomic mass is 16.6. The van der Waals surface area contributed by atoms with Crippen molar-refractivity contribution in [2.24, 2.45) is 28.1 Å². The molecule has 0 amide bonds. The minimum absolute atomic E-state index is 0.144. The lowest BCUT2D eigenvalue weighted by Gasteiger charge is -2.59. The molecule has 0 heterocycles. The van der Waals surface area contributed by atoms with Crippen molar-refractivity contribution in [3.8, 4) is 0 Å². The molecule has 3 N–H and O–H groups in total. The fourth-order valence-electron chi connectivity index (χ4n) is 6.53. The Labute approximate surface area is 207 Å². The molecule has 0 bridgehead atoms. The summed E-state index contributed by atoms with van der Waals surface area (Å²) < 4.78 is 5.97. The molecule has 4 rings (SSSR count). The summed E-state index contributed by atoms with van der Waals surface area (Å²) in [7, 11) is 0. The molecule has 8 atom stereocenters. The summed E-state index contributed by atoms with van der Waals surface area (Å²) in [5.74, 6) is -2.27. The number of esters is 1. The molecule has 0 aromatic heterocycles. The van der Waals surface area contributed by atoms with Gasteiger partial charge in [0.15, 0.2) is 11.4 Å². The largest absolute Gasteiger partial charge is 0.447 e. The zero-order valence-corrected chi connectivity index (χ0v) is 21.3. The highest BCUT2D eigenvalue weighted by Crippen LogP contribution is 2.63. The van der Waals surface area contributed by atoms with Crippen LogP contribution in [-0.4, -0.2) is 51.0 Å². The second-order valence-electron chi connectivity index (χ2n) is 11.9. The molecule has 2 saturated carbocycles. The lowest BCUT2D eigenvalue weighted by atomic mass is 9.47. The Hall–Kier alpha value is -2.28. The van der Waals surface area contributed by atoms with Crippen LogP contribution in [0.15, 0.2) is 48.6 Å². The predicted molar refractivity (Wildman–Crippen MR) is 133 cm³/mol. The van der Waals surface area contributed by atoms with E-state index in [0.29, 0.717) is 12.8 Å². The monoisotopic (exact) mass is 482 g/mol. The molecule has 3 aliphatic carbocycles. The second kappa shape index (κ2) is 8.68. The first-order valence-electron chi connectivity index (χ1n) is 12.5. The first-order valence-corrected chi connectivity index (χ1v) is 12.5. The minimum Gasteiger partial charge on any atom is -0.447 e. The number of ketones is 1. The lowest BCUT2D eigenvalue weighted by molar-refractivity contribution is -0.216. The Bertz CT molecular complexity index is 1040. The SMILES string of the molecule is CC1CC2(OC(=O)C=Cc3ccccc3)C(=O)C3(C)C=CC(C)(C)C(O)CCC3(C)C(O)C2C1O. The fraction of sp³-hybridized carbons (Fsp3) is 0.586. The van der Waals surface area contributed by atoms with Crippen molar-refractivity contribution >= 4 is 17.8 Å². The number of Topliss-reactive ketones (excluding diaryl/α,β-unsaturated/α-hetero) is 1. The number of benzene rings is 1. The molecule has 0 saturated heterocycles. The van der Waals surface area contributed by atoms with Crippen molar-refractivity contribution < 1.29 is 29.6 Å². The van der Waals surface area contributed by atoms with E-state index < -0.39 is 52.0 Å². The van der Waals surface area contributed by atoms with Crippen LogP contribution < -0.4 is 0 Å².